The summed E-state index contributed by atoms with van der Waals surface area (Å²) in [6.07, 6.45) is 2.01. The molecule has 2 N–H and O–H groups in total. The molecular formula is C14H21N3O3S. The molecule has 1 saturated heterocycles. The average molecular weight is 311 g/mol. The summed E-state index contributed by atoms with van der Waals surface area (Å²) >= 11 is 0. The van der Waals surface area contributed by atoms with Gasteiger partial charge >= 0.3 is 0 Å². The maximum Gasteiger partial charge on any atom is 0.251 e. The van der Waals surface area contributed by atoms with E-state index in [0.717, 1.165) is 30.2 Å². The number of carbonyl (C=O) groups is 1. The standard InChI is InChI=1S/C14H21N3O3S/c1-17(2)21(19,20)13-7-5-11(6-8-13)14(18)16-12-4-3-9-15-10-12/h5-8,12,15H,3-4,9-10H2,1-2H3,(H,16,18). The smallest absolute Gasteiger partial charge is 0.251 e. The molecule has 0 aromatic heterocycles. The van der Waals surface area contributed by atoms with Gasteiger partial charge in [0.25, 0.3) is 5.91 Å². The molecule has 7 heteroatoms. The van der Waals surface area contributed by atoms with E-state index >= 15 is 0 Å². The summed E-state index contributed by atoms with van der Waals surface area (Å²) in [6.45, 7) is 1.77. The van der Waals surface area contributed by atoms with Gasteiger partial charge in [0, 0.05) is 32.2 Å². The Labute approximate surface area is 125 Å². The molecule has 0 aliphatic carbocycles. The Kier molecular flexibility index (Phi) is 4.97. The second kappa shape index (κ2) is 6.55. The first-order valence-corrected chi connectivity index (χ1v) is 8.39. The van der Waals surface area contributed by atoms with Gasteiger partial charge in [-0.05, 0) is 43.7 Å². The fourth-order valence-corrected chi connectivity index (χ4v) is 3.13. The highest BCUT2D eigenvalue weighted by atomic mass is 32.2. The van der Waals surface area contributed by atoms with Crippen molar-refractivity contribution in [3.8, 4) is 0 Å². The van der Waals surface area contributed by atoms with E-state index in [1.54, 1.807) is 12.1 Å². The van der Waals surface area contributed by atoms with E-state index in [9.17, 15) is 13.2 Å². The van der Waals surface area contributed by atoms with E-state index < -0.39 is 10.0 Å². The predicted octanol–water partition coefficient (Wildman–Crippen LogP) is 0.419. The zero-order valence-corrected chi connectivity index (χ0v) is 13.1. The molecule has 1 unspecified atom stereocenters. The minimum Gasteiger partial charge on any atom is -0.348 e. The van der Waals surface area contributed by atoms with Crippen LogP contribution in [-0.4, -0.2) is 51.9 Å². The molecule has 116 valence electrons. The number of carbonyl (C=O) groups excluding carboxylic acids is 1. The Morgan fingerprint density at radius 3 is 2.48 bits per heavy atom. The molecule has 1 fully saturated rings. The number of benzene rings is 1. The molecule has 1 heterocycles. The molecule has 1 amide bonds. The van der Waals surface area contributed by atoms with Gasteiger partial charge in [0.05, 0.1) is 4.90 Å². The molecule has 0 bridgehead atoms. The van der Waals surface area contributed by atoms with E-state index in [2.05, 4.69) is 10.6 Å². The van der Waals surface area contributed by atoms with Crippen LogP contribution in [0.4, 0.5) is 0 Å². The zero-order valence-electron chi connectivity index (χ0n) is 12.3. The average Bonchev–Trinajstić information content (AvgIpc) is 2.48. The monoisotopic (exact) mass is 311 g/mol. The third kappa shape index (κ3) is 3.81. The third-order valence-corrected chi connectivity index (χ3v) is 5.36. The lowest BCUT2D eigenvalue weighted by Crippen LogP contribution is -2.45. The molecule has 6 nitrogen and oxygen atoms in total. The van der Waals surface area contributed by atoms with Crippen molar-refractivity contribution in [2.24, 2.45) is 0 Å². The van der Waals surface area contributed by atoms with Crippen LogP contribution in [0, 0.1) is 0 Å². The lowest BCUT2D eigenvalue weighted by molar-refractivity contribution is 0.0930. The van der Waals surface area contributed by atoms with Crippen molar-refractivity contribution < 1.29 is 13.2 Å². The molecule has 1 atom stereocenters. The maximum absolute atomic E-state index is 12.1. The van der Waals surface area contributed by atoms with Crippen molar-refractivity contribution in [3.05, 3.63) is 29.8 Å². The van der Waals surface area contributed by atoms with Gasteiger partial charge < -0.3 is 10.6 Å². The SMILES string of the molecule is CN(C)S(=O)(=O)c1ccc(C(=O)NC2CCCNC2)cc1. The Bertz CT molecular complexity index is 590. The quantitative estimate of drug-likeness (QED) is 0.845. The van der Waals surface area contributed by atoms with Crippen LogP contribution in [0.15, 0.2) is 29.2 Å². The minimum absolute atomic E-state index is 0.136. The van der Waals surface area contributed by atoms with Crippen LogP contribution in [0.25, 0.3) is 0 Å². The van der Waals surface area contributed by atoms with Crippen molar-refractivity contribution in [2.45, 2.75) is 23.8 Å². The lowest BCUT2D eigenvalue weighted by Gasteiger charge is -2.23. The van der Waals surface area contributed by atoms with Crippen molar-refractivity contribution >= 4 is 15.9 Å². The van der Waals surface area contributed by atoms with Crippen LogP contribution in [-0.2, 0) is 10.0 Å². The van der Waals surface area contributed by atoms with Crippen molar-refractivity contribution in [2.75, 3.05) is 27.2 Å². The number of nitrogens with zero attached hydrogens (tertiary/aromatic N) is 1. The number of piperidine rings is 1. The zero-order chi connectivity index (χ0) is 15.5. The van der Waals surface area contributed by atoms with E-state index in [4.69, 9.17) is 0 Å². The summed E-state index contributed by atoms with van der Waals surface area (Å²) < 4.78 is 25.0. The van der Waals surface area contributed by atoms with Crippen LogP contribution < -0.4 is 10.6 Å². The Morgan fingerprint density at radius 1 is 1.29 bits per heavy atom. The highest BCUT2D eigenvalue weighted by molar-refractivity contribution is 7.89. The maximum atomic E-state index is 12.1. The molecule has 1 aliphatic heterocycles. The van der Waals surface area contributed by atoms with Gasteiger partial charge in [0.2, 0.25) is 10.0 Å². The summed E-state index contributed by atoms with van der Waals surface area (Å²) in [5.41, 5.74) is 0.471. The van der Waals surface area contributed by atoms with E-state index in [1.165, 1.54) is 26.2 Å². The molecule has 0 spiro atoms. The van der Waals surface area contributed by atoms with Gasteiger partial charge in [0.15, 0.2) is 0 Å². The summed E-state index contributed by atoms with van der Waals surface area (Å²) in [4.78, 5) is 12.3. The van der Waals surface area contributed by atoms with Gasteiger partial charge in [-0.2, -0.15) is 0 Å². The van der Waals surface area contributed by atoms with Gasteiger partial charge in [-0.25, -0.2) is 12.7 Å². The summed E-state index contributed by atoms with van der Waals surface area (Å²) in [5.74, 6) is -0.169. The highest BCUT2D eigenvalue weighted by Crippen LogP contribution is 2.14. The molecule has 1 aliphatic rings. The molecule has 0 saturated carbocycles. The predicted molar refractivity (Wildman–Crippen MR) is 80.7 cm³/mol. The Hall–Kier alpha value is -1.44. The first kappa shape index (κ1) is 15.9. The molecule has 1 aromatic carbocycles. The highest BCUT2D eigenvalue weighted by Gasteiger charge is 2.19. The third-order valence-electron chi connectivity index (χ3n) is 3.53. The van der Waals surface area contributed by atoms with Gasteiger partial charge in [-0.1, -0.05) is 0 Å². The number of nitrogens with one attached hydrogen (secondary N) is 2. The fourth-order valence-electron chi connectivity index (χ4n) is 2.23. The van der Waals surface area contributed by atoms with Gasteiger partial charge in [-0.3, -0.25) is 4.79 Å². The van der Waals surface area contributed by atoms with Gasteiger partial charge in [-0.15, -0.1) is 0 Å². The van der Waals surface area contributed by atoms with Crippen LogP contribution in [0.1, 0.15) is 23.2 Å². The van der Waals surface area contributed by atoms with Crippen molar-refractivity contribution in [1.29, 1.82) is 0 Å². The molecule has 21 heavy (non-hydrogen) atoms. The number of sulfonamides is 1. The van der Waals surface area contributed by atoms with Crippen LogP contribution >= 0.6 is 0 Å². The summed E-state index contributed by atoms with van der Waals surface area (Å²) in [5, 5.41) is 6.19. The Balaban J connectivity index is 2.06. The van der Waals surface area contributed by atoms with E-state index in [1.807, 2.05) is 0 Å². The van der Waals surface area contributed by atoms with Crippen molar-refractivity contribution in [1.82, 2.24) is 14.9 Å². The first-order chi connectivity index (χ1) is 9.91. The fraction of sp³-hybridized carbons (Fsp3) is 0.500. The summed E-state index contributed by atoms with van der Waals surface area (Å²) in [6, 6.07) is 6.15. The van der Waals surface area contributed by atoms with Crippen LogP contribution in [0.3, 0.4) is 0 Å². The Morgan fingerprint density at radius 2 is 1.95 bits per heavy atom. The van der Waals surface area contributed by atoms with E-state index in [-0.39, 0.29) is 16.8 Å². The van der Waals surface area contributed by atoms with E-state index in [0.29, 0.717) is 5.56 Å². The lowest BCUT2D eigenvalue weighted by atomic mass is 10.1. The van der Waals surface area contributed by atoms with Crippen LogP contribution in [0.5, 0.6) is 0 Å². The largest absolute Gasteiger partial charge is 0.348 e. The van der Waals surface area contributed by atoms with Crippen molar-refractivity contribution in [3.63, 3.8) is 0 Å². The molecule has 2 rings (SSSR count). The summed E-state index contributed by atoms with van der Waals surface area (Å²) in [7, 11) is -0.499. The molecule has 1 aromatic rings. The normalized spacial score (nSPS) is 19.5. The minimum atomic E-state index is -3.45. The first-order valence-electron chi connectivity index (χ1n) is 6.95. The second-order valence-electron chi connectivity index (χ2n) is 5.33. The number of amides is 1. The molecule has 0 radical (unpaired) electrons. The number of hydrogen-bond acceptors (Lipinski definition) is 4. The number of hydrogen-bond donors (Lipinski definition) is 2. The second-order valence-corrected chi connectivity index (χ2v) is 7.48. The number of rotatable bonds is 4. The molecular weight excluding hydrogens is 290 g/mol. The van der Waals surface area contributed by atoms with Crippen LogP contribution in [0.2, 0.25) is 0 Å². The van der Waals surface area contributed by atoms with Gasteiger partial charge in [0.1, 0.15) is 0 Å². The topological polar surface area (TPSA) is 78.5 Å².